The first-order valence-electron chi connectivity index (χ1n) is 13.3. The van der Waals surface area contributed by atoms with Gasteiger partial charge in [0.25, 0.3) is 0 Å². The fourth-order valence-electron chi connectivity index (χ4n) is 4.87. The average molecular weight is 591 g/mol. The molecule has 4 aromatic rings. The van der Waals surface area contributed by atoms with Crippen molar-refractivity contribution in [3.63, 3.8) is 0 Å². The van der Waals surface area contributed by atoms with Gasteiger partial charge in [0.1, 0.15) is 23.9 Å². The highest BCUT2D eigenvalue weighted by Gasteiger charge is 2.39. The van der Waals surface area contributed by atoms with Crippen molar-refractivity contribution in [2.45, 2.75) is 18.6 Å². The van der Waals surface area contributed by atoms with E-state index in [1.807, 2.05) is 73.7 Å². The van der Waals surface area contributed by atoms with E-state index < -0.39 is 0 Å². The molecule has 5 rings (SSSR count). The zero-order chi connectivity index (χ0) is 28.9. The topological polar surface area (TPSA) is 85.7 Å². The second kappa shape index (κ2) is 12.7. The van der Waals surface area contributed by atoms with Gasteiger partial charge in [-0.3, -0.25) is 14.5 Å². The Balaban J connectivity index is 1.84. The molecule has 3 aromatic carbocycles. The Morgan fingerprint density at radius 1 is 1.07 bits per heavy atom. The molecule has 41 heavy (non-hydrogen) atoms. The van der Waals surface area contributed by atoms with Gasteiger partial charge in [-0.15, -0.1) is 11.8 Å². The van der Waals surface area contributed by atoms with E-state index in [1.165, 1.54) is 16.7 Å². The van der Waals surface area contributed by atoms with Gasteiger partial charge < -0.3 is 14.8 Å². The zero-order valence-corrected chi connectivity index (χ0v) is 24.7. The molecule has 0 spiro atoms. The standard InChI is InChI=1S/C31H31ClN4O4S/c1-4-16-33-26(37)18-35-27(38)19-41-30(22-17-21(39-2)14-15-25(22)40-3)28-29(20-10-6-5-7-11-20)34-36(31(28)35)24-13-9-8-12-23(24)32/h5-15,17,30H,4,16,18-19H2,1-3H3,(H,33,37)/t30-/m1/s1. The van der Waals surface area contributed by atoms with Crippen molar-refractivity contribution in [1.29, 1.82) is 0 Å². The number of carbonyl (C=O) groups is 2. The van der Waals surface area contributed by atoms with Gasteiger partial charge in [-0.05, 0) is 36.8 Å². The maximum Gasteiger partial charge on any atom is 0.240 e. The van der Waals surface area contributed by atoms with Crippen molar-refractivity contribution < 1.29 is 19.1 Å². The van der Waals surface area contributed by atoms with Crippen LogP contribution in [-0.4, -0.2) is 54.7 Å². The molecular weight excluding hydrogens is 560 g/mol. The first-order valence-corrected chi connectivity index (χ1v) is 14.7. The van der Waals surface area contributed by atoms with E-state index in [0.29, 0.717) is 40.3 Å². The maximum absolute atomic E-state index is 13.9. The van der Waals surface area contributed by atoms with Crippen LogP contribution in [0, 0.1) is 0 Å². The van der Waals surface area contributed by atoms with Crippen LogP contribution in [0.1, 0.15) is 29.7 Å². The molecule has 212 valence electrons. The van der Waals surface area contributed by atoms with Crippen molar-refractivity contribution in [3.8, 4) is 28.4 Å². The Kier molecular flexibility index (Phi) is 8.85. The normalized spacial score (nSPS) is 14.8. The van der Waals surface area contributed by atoms with Crippen molar-refractivity contribution in [2.24, 2.45) is 0 Å². The minimum Gasteiger partial charge on any atom is -0.497 e. The SMILES string of the molecule is CCCNC(=O)CN1C(=O)CS[C@H](c2cc(OC)ccc2OC)c2c(-c3ccccc3)nn(-c3ccccc3Cl)c21. The van der Waals surface area contributed by atoms with E-state index in [2.05, 4.69) is 5.32 Å². The Morgan fingerprint density at radius 2 is 1.83 bits per heavy atom. The van der Waals surface area contributed by atoms with E-state index in [9.17, 15) is 9.59 Å². The summed E-state index contributed by atoms with van der Waals surface area (Å²) < 4.78 is 13.1. The number of carbonyl (C=O) groups excluding carboxylic acids is 2. The fraction of sp³-hybridized carbons (Fsp3) is 0.258. The molecular formula is C31H31ClN4O4S. The molecule has 0 unspecified atom stereocenters. The van der Waals surface area contributed by atoms with Gasteiger partial charge in [0.05, 0.1) is 41.6 Å². The predicted octanol–water partition coefficient (Wildman–Crippen LogP) is 5.91. The highest BCUT2D eigenvalue weighted by molar-refractivity contribution is 8.00. The number of nitrogens with zero attached hydrogens (tertiary/aromatic N) is 3. The monoisotopic (exact) mass is 590 g/mol. The van der Waals surface area contributed by atoms with Gasteiger partial charge in [0.2, 0.25) is 11.8 Å². The van der Waals surface area contributed by atoms with Crippen LogP contribution < -0.4 is 19.7 Å². The van der Waals surface area contributed by atoms with Crippen LogP contribution in [0.4, 0.5) is 5.82 Å². The molecule has 0 aliphatic carbocycles. The van der Waals surface area contributed by atoms with Crippen LogP contribution in [0.25, 0.3) is 16.9 Å². The summed E-state index contributed by atoms with van der Waals surface area (Å²) in [5.74, 6) is 1.49. The van der Waals surface area contributed by atoms with E-state index >= 15 is 0 Å². The van der Waals surface area contributed by atoms with Crippen LogP contribution in [0.3, 0.4) is 0 Å². The summed E-state index contributed by atoms with van der Waals surface area (Å²) in [5.41, 5.74) is 3.76. The van der Waals surface area contributed by atoms with Crippen molar-refractivity contribution >= 4 is 41.0 Å². The van der Waals surface area contributed by atoms with Gasteiger partial charge >= 0.3 is 0 Å². The number of thioether (sulfide) groups is 1. The quantitative estimate of drug-likeness (QED) is 0.261. The highest BCUT2D eigenvalue weighted by Crippen LogP contribution is 2.51. The number of rotatable bonds is 9. The number of hydrogen-bond acceptors (Lipinski definition) is 6. The Labute approximate surface area is 248 Å². The number of anilines is 1. The molecule has 1 N–H and O–H groups in total. The van der Waals surface area contributed by atoms with Crippen molar-refractivity contribution in [1.82, 2.24) is 15.1 Å². The van der Waals surface area contributed by atoms with Gasteiger partial charge in [0.15, 0.2) is 0 Å². The number of para-hydroxylation sites is 1. The minimum absolute atomic E-state index is 0.136. The largest absolute Gasteiger partial charge is 0.497 e. The first kappa shape index (κ1) is 28.6. The number of aromatic nitrogens is 2. The summed E-state index contributed by atoms with van der Waals surface area (Å²) in [4.78, 5) is 28.4. The molecule has 1 aliphatic heterocycles. The Bertz CT molecular complexity index is 1560. The number of ether oxygens (including phenoxy) is 2. The molecule has 0 bridgehead atoms. The summed E-state index contributed by atoms with van der Waals surface area (Å²) in [5, 5.41) is 8.07. The molecule has 0 fully saturated rings. The third kappa shape index (κ3) is 5.78. The number of benzene rings is 3. The van der Waals surface area contributed by atoms with Gasteiger partial charge in [0, 0.05) is 23.2 Å². The molecule has 8 nitrogen and oxygen atoms in total. The predicted molar refractivity (Wildman–Crippen MR) is 164 cm³/mol. The third-order valence-corrected chi connectivity index (χ3v) is 8.37. The summed E-state index contributed by atoms with van der Waals surface area (Å²) in [6, 6.07) is 22.8. The van der Waals surface area contributed by atoms with Crippen LogP contribution in [0.5, 0.6) is 11.5 Å². The Hall–Kier alpha value is -3.95. The number of halogens is 1. The highest BCUT2D eigenvalue weighted by atomic mass is 35.5. The second-order valence-corrected chi connectivity index (χ2v) is 10.9. The molecule has 0 saturated heterocycles. The zero-order valence-electron chi connectivity index (χ0n) is 23.1. The number of nitrogens with one attached hydrogen (secondary N) is 1. The van der Waals surface area contributed by atoms with Gasteiger partial charge in [-0.25, -0.2) is 4.68 Å². The van der Waals surface area contributed by atoms with Crippen LogP contribution in [0.15, 0.2) is 72.8 Å². The number of methoxy groups -OCH3 is 2. The summed E-state index contributed by atoms with van der Waals surface area (Å²) in [6.45, 7) is 2.35. The molecule has 0 radical (unpaired) electrons. The lowest BCUT2D eigenvalue weighted by atomic mass is 9.98. The lowest BCUT2D eigenvalue weighted by molar-refractivity contribution is -0.122. The van der Waals surface area contributed by atoms with Gasteiger partial charge in [-0.2, -0.15) is 5.10 Å². The Morgan fingerprint density at radius 3 is 2.54 bits per heavy atom. The molecule has 1 aromatic heterocycles. The molecule has 2 heterocycles. The van der Waals surface area contributed by atoms with E-state index in [-0.39, 0.29) is 29.4 Å². The lowest BCUT2D eigenvalue weighted by Gasteiger charge is -2.24. The molecule has 10 heteroatoms. The van der Waals surface area contributed by atoms with Crippen molar-refractivity contribution in [3.05, 3.63) is 88.9 Å². The van der Waals surface area contributed by atoms with E-state index in [1.54, 1.807) is 25.0 Å². The third-order valence-electron chi connectivity index (χ3n) is 6.81. The summed E-state index contributed by atoms with van der Waals surface area (Å²) in [6.07, 6.45) is 0.786. The average Bonchev–Trinajstić information content (AvgIpc) is 3.32. The van der Waals surface area contributed by atoms with Crippen LogP contribution in [-0.2, 0) is 9.59 Å². The molecule has 1 atom stereocenters. The number of amides is 2. The van der Waals surface area contributed by atoms with Crippen LogP contribution in [0.2, 0.25) is 5.02 Å². The molecule has 2 amide bonds. The smallest absolute Gasteiger partial charge is 0.240 e. The van der Waals surface area contributed by atoms with Gasteiger partial charge in [-0.1, -0.05) is 61.0 Å². The van der Waals surface area contributed by atoms with Crippen LogP contribution >= 0.6 is 23.4 Å². The second-order valence-electron chi connectivity index (χ2n) is 9.44. The van der Waals surface area contributed by atoms with E-state index in [0.717, 1.165) is 23.1 Å². The maximum atomic E-state index is 13.9. The molecule has 0 saturated carbocycles. The number of fused-ring (bicyclic) bond motifs is 1. The minimum atomic E-state index is -0.380. The van der Waals surface area contributed by atoms with E-state index in [4.69, 9.17) is 26.2 Å². The van der Waals surface area contributed by atoms with Crippen molar-refractivity contribution in [2.75, 3.05) is 38.0 Å². The summed E-state index contributed by atoms with van der Waals surface area (Å²) in [7, 11) is 3.23. The lowest BCUT2D eigenvalue weighted by Crippen LogP contribution is -2.42. The summed E-state index contributed by atoms with van der Waals surface area (Å²) >= 11 is 8.17. The number of hydrogen-bond donors (Lipinski definition) is 1. The molecule has 1 aliphatic rings. The fourth-order valence-corrected chi connectivity index (χ4v) is 6.30. The first-order chi connectivity index (χ1) is 20.0.